The molecule has 1 N–H and O–H groups in total. The summed E-state index contributed by atoms with van der Waals surface area (Å²) in [4.78, 5) is 20.0. The molecule has 1 aliphatic rings. The molecule has 1 heterocycles. The van der Waals surface area contributed by atoms with Crippen molar-refractivity contribution in [1.29, 1.82) is 0 Å². The van der Waals surface area contributed by atoms with E-state index in [0.717, 1.165) is 32.4 Å². The van der Waals surface area contributed by atoms with Crippen LogP contribution in [0.15, 0.2) is 29.3 Å². The molecule has 0 aromatic carbocycles. The Morgan fingerprint density at radius 1 is 0.609 bits per heavy atom. The number of carbonyl (C=O) groups is 1. The summed E-state index contributed by atoms with van der Waals surface area (Å²) in [6, 6.07) is 0. The van der Waals surface area contributed by atoms with Crippen LogP contribution < -0.4 is 5.32 Å². The highest BCUT2D eigenvalue weighted by molar-refractivity contribution is 5.85. The first-order chi connectivity index (χ1) is 22.5. The molecule has 46 heavy (non-hydrogen) atoms. The molecule has 4 nitrogen and oxygen atoms in total. The summed E-state index contributed by atoms with van der Waals surface area (Å²) in [5, 5.41) is 3.33. The highest BCUT2D eigenvalue weighted by Crippen LogP contribution is 2.20. The third-order valence-corrected chi connectivity index (χ3v) is 9.63. The number of hydrogen-bond donors (Lipinski definition) is 1. The largest absolute Gasteiger partial charge is 0.336 e. The quantitative estimate of drug-likeness (QED) is 0.0572. The number of amidine groups is 1. The lowest BCUT2D eigenvalue weighted by molar-refractivity contribution is -0.124. The van der Waals surface area contributed by atoms with Crippen molar-refractivity contribution < 1.29 is 4.79 Å². The van der Waals surface area contributed by atoms with Crippen LogP contribution in [0.25, 0.3) is 0 Å². The van der Waals surface area contributed by atoms with E-state index in [1.165, 1.54) is 166 Å². The molecule has 268 valence electrons. The van der Waals surface area contributed by atoms with Crippen LogP contribution >= 0.6 is 0 Å². The van der Waals surface area contributed by atoms with E-state index in [0.29, 0.717) is 6.42 Å². The number of nitrogens with zero attached hydrogens (tertiary/aromatic N) is 2. The van der Waals surface area contributed by atoms with E-state index >= 15 is 0 Å². The predicted molar refractivity (Wildman–Crippen MR) is 205 cm³/mol. The van der Waals surface area contributed by atoms with Gasteiger partial charge in [-0.25, -0.2) is 0 Å². The molecular weight excluding hydrogens is 562 g/mol. The Balaban J connectivity index is 2.02. The minimum atomic E-state index is -0.364. The van der Waals surface area contributed by atoms with Gasteiger partial charge < -0.3 is 10.2 Å². The molecule has 0 aromatic rings. The molecule has 0 aliphatic carbocycles. The molecule has 0 radical (unpaired) electrons. The number of nitrogens with one attached hydrogen (secondary N) is 1. The molecule has 1 rings (SSSR count). The van der Waals surface area contributed by atoms with Gasteiger partial charge in [-0.2, -0.15) is 0 Å². The van der Waals surface area contributed by atoms with Crippen LogP contribution in [0.2, 0.25) is 0 Å². The van der Waals surface area contributed by atoms with Crippen LogP contribution in [-0.2, 0) is 4.79 Å². The van der Waals surface area contributed by atoms with Gasteiger partial charge in [0.2, 0.25) is 5.91 Å². The average Bonchev–Trinajstić information content (AvgIpc) is 3.52. The molecule has 0 unspecified atom stereocenters. The van der Waals surface area contributed by atoms with Gasteiger partial charge in [0.05, 0.1) is 6.54 Å². The minimum Gasteiger partial charge on any atom is -0.336 e. The Morgan fingerprint density at radius 3 is 1.46 bits per heavy atom. The van der Waals surface area contributed by atoms with Gasteiger partial charge in [0, 0.05) is 19.4 Å². The van der Waals surface area contributed by atoms with Crippen molar-refractivity contribution in [3.05, 3.63) is 24.3 Å². The zero-order chi connectivity index (χ0) is 33.4. The summed E-state index contributed by atoms with van der Waals surface area (Å²) in [6.07, 6.45) is 46.7. The van der Waals surface area contributed by atoms with Gasteiger partial charge in [0.25, 0.3) is 0 Å². The molecule has 0 aromatic heterocycles. The Bertz CT molecular complexity index is 784. The first kappa shape index (κ1) is 42.4. The number of allylic oxidation sites excluding steroid dienone is 4. The summed E-state index contributed by atoms with van der Waals surface area (Å²) in [5.41, 5.74) is -0.364. The smallest absolute Gasteiger partial charge is 0.221 e. The third-order valence-electron chi connectivity index (χ3n) is 9.63. The summed E-state index contributed by atoms with van der Waals surface area (Å²) in [6.45, 7) is 10.6. The van der Waals surface area contributed by atoms with Crippen molar-refractivity contribution in [2.24, 2.45) is 4.99 Å². The van der Waals surface area contributed by atoms with Crippen molar-refractivity contribution in [3.63, 3.8) is 0 Å². The van der Waals surface area contributed by atoms with E-state index in [1.807, 2.05) is 0 Å². The van der Waals surface area contributed by atoms with Crippen LogP contribution in [-0.4, -0.2) is 35.4 Å². The van der Waals surface area contributed by atoms with Gasteiger partial charge in [-0.1, -0.05) is 147 Å². The second-order valence-electron chi connectivity index (χ2n) is 14.6. The van der Waals surface area contributed by atoms with Crippen molar-refractivity contribution in [2.75, 3.05) is 13.1 Å². The SMILES string of the molecule is CCCCCCCC/C=C\CCCCCCCCC1=NCCN1C(C)(C)NC(=O)CCCCCCC/C=C\CCCCCCCC. The zero-order valence-electron chi connectivity index (χ0n) is 31.5. The highest BCUT2D eigenvalue weighted by atomic mass is 16.1. The Morgan fingerprint density at radius 2 is 1.00 bits per heavy atom. The molecule has 4 heteroatoms. The van der Waals surface area contributed by atoms with E-state index in [-0.39, 0.29) is 11.6 Å². The monoisotopic (exact) mass is 642 g/mol. The topological polar surface area (TPSA) is 44.7 Å². The maximum Gasteiger partial charge on any atom is 0.221 e. The van der Waals surface area contributed by atoms with E-state index in [4.69, 9.17) is 4.99 Å². The van der Waals surface area contributed by atoms with Crippen LogP contribution in [0, 0.1) is 0 Å². The number of unbranched alkanes of at least 4 members (excludes halogenated alkanes) is 23. The normalized spacial score (nSPS) is 13.8. The van der Waals surface area contributed by atoms with E-state index in [2.05, 4.69) is 62.2 Å². The summed E-state index contributed by atoms with van der Waals surface area (Å²) in [7, 11) is 0. The fourth-order valence-corrected chi connectivity index (χ4v) is 6.67. The predicted octanol–water partition coefficient (Wildman–Crippen LogP) is 13.0. The number of aliphatic imine (C=N–C) groups is 1. The van der Waals surface area contributed by atoms with E-state index in [1.54, 1.807) is 0 Å². The van der Waals surface area contributed by atoms with E-state index in [9.17, 15) is 4.79 Å². The summed E-state index contributed by atoms with van der Waals surface area (Å²) < 4.78 is 0. The number of rotatable bonds is 33. The van der Waals surface area contributed by atoms with Crippen LogP contribution in [0.4, 0.5) is 0 Å². The van der Waals surface area contributed by atoms with Gasteiger partial charge in [-0.3, -0.25) is 9.79 Å². The third kappa shape index (κ3) is 24.6. The van der Waals surface area contributed by atoms with Gasteiger partial charge in [-0.05, 0) is 78.1 Å². The Labute approximate surface area is 288 Å². The fraction of sp³-hybridized carbons (Fsp3) is 0.857. The molecule has 0 spiro atoms. The van der Waals surface area contributed by atoms with Crippen molar-refractivity contribution in [3.8, 4) is 0 Å². The number of carbonyl (C=O) groups excluding carboxylic acids is 1. The lowest BCUT2D eigenvalue weighted by atomic mass is 10.1. The molecule has 0 saturated heterocycles. The number of hydrogen-bond acceptors (Lipinski definition) is 3. The fourth-order valence-electron chi connectivity index (χ4n) is 6.67. The lowest BCUT2D eigenvalue weighted by Gasteiger charge is -2.38. The highest BCUT2D eigenvalue weighted by Gasteiger charge is 2.32. The van der Waals surface area contributed by atoms with Crippen molar-refractivity contribution >= 4 is 11.7 Å². The van der Waals surface area contributed by atoms with Gasteiger partial charge >= 0.3 is 0 Å². The molecule has 0 saturated carbocycles. The van der Waals surface area contributed by atoms with E-state index < -0.39 is 0 Å². The average molecular weight is 642 g/mol. The molecule has 1 aliphatic heterocycles. The molecule has 0 atom stereocenters. The van der Waals surface area contributed by atoms with Crippen LogP contribution in [0.5, 0.6) is 0 Å². The standard InChI is InChI=1S/C42H79N3O/c1-5-7-9-11-13-15-17-19-21-23-24-26-28-30-32-34-36-40-43-38-39-45(40)42(3,4)44-41(46)37-35-33-31-29-27-25-22-20-18-16-14-12-10-8-6-2/h19-22H,5-18,23-39H2,1-4H3,(H,44,46)/b21-19-,22-20-. The van der Waals surface area contributed by atoms with Gasteiger partial charge in [0.1, 0.15) is 11.5 Å². The summed E-state index contributed by atoms with van der Waals surface area (Å²) >= 11 is 0. The summed E-state index contributed by atoms with van der Waals surface area (Å²) in [5.74, 6) is 1.38. The first-order valence-corrected chi connectivity index (χ1v) is 20.4. The Hall–Kier alpha value is -1.58. The van der Waals surface area contributed by atoms with Crippen molar-refractivity contribution in [1.82, 2.24) is 10.2 Å². The second kappa shape index (κ2) is 30.7. The van der Waals surface area contributed by atoms with Crippen LogP contribution in [0.1, 0.15) is 214 Å². The second-order valence-corrected chi connectivity index (χ2v) is 14.6. The Kier molecular flexibility index (Phi) is 28.4. The maximum absolute atomic E-state index is 12.8. The first-order valence-electron chi connectivity index (χ1n) is 20.4. The molecule has 1 amide bonds. The number of amides is 1. The minimum absolute atomic E-state index is 0.186. The van der Waals surface area contributed by atoms with Gasteiger partial charge in [-0.15, -0.1) is 0 Å². The van der Waals surface area contributed by atoms with Gasteiger partial charge in [0.15, 0.2) is 0 Å². The van der Waals surface area contributed by atoms with Crippen molar-refractivity contribution in [2.45, 2.75) is 220 Å². The van der Waals surface area contributed by atoms with Crippen LogP contribution in [0.3, 0.4) is 0 Å². The maximum atomic E-state index is 12.8. The molecule has 0 fully saturated rings. The molecule has 0 bridgehead atoms. The zero-order valence-corrected chi connectivity index (χ0v) is 31.5. The lowest BCUT2D eigenvalue weighted by Crippen LogP contribution is -2.57. The molecular formula is C42H79N3O.